The topological polar surface area (TPSA) is 3.24 Å². The molecular formula is C37H29N. The van der Waals surface area contributed by atoms with E-state index in [9.17, 15) is 0 Å². The summed E-state index contributed by atoms with van der Waals surface area (Å²) in [6.07, 6.45) is 0. The van der Waals surface area contributed by atoms with Gasteiger partial charge >= 0.3 is 0 Å². The highest BCUT2D eigenvalue weighted by molar-refractivity contribution is 5.82. The molecule has 0 saturated heterocycles. The summed E-state index contributed by atoms with van der Waals surface area (Å²) >= 11 is 0. The fourth-order valence-electron chi connectivity index (χ4n) is 4.95. The lowest BCUT2D eigenvalue weighted by molar-refractivity contribution is 1.21. The van der Waals surface area contributed by atoms with E-state index in [-0.39, 0.29) is 0 Å². The zero-order valence-electron chi connectivity index (χ0n) is 21.5. The van der Waals surface area contributed by atoms with Gasteiger partial charge in [0.05, 0.1) is 0 Å². The van der Waals surface area contributed by atoms with Crippen molar-refractivity contribution in [3.8, 4) is 44.5 Å². The molecule has 0 aromatic heterocycles. The molecule has 0 heterocycles. The Morgan fingerprint density at radius 1 is 0.289 bits per heavy atom. The molecule has 6 aromatic rings. The Balaban J connectivity index is 1.39. The molecule has 0 radical (unpaired) electrons. The Morgan fingerprint density at radius 2 is 0.632 bits per heavy atom. The average molecular weight is 488 g/mol. The molecule has 0 aliphatic rings. The van der Waals surface area contributed by atoms with Crippen molar-refractivity contribution in [3.63, 3.8) is 0 Å². The van der Waals surface area contributed by atoms with Crippen molar-refractivity contribution in [1.29, 1.82) is 0 Å². The van der Waals surface area contributed by atoms with Crippen molar-refractivity contribution < 1.29 is 0 Å². The molecule has 0 aliphatic carbocycles. The van der Waals surface area contributed by atoms with Crippen molar-refractivity contribution in [3.05, 3.63) is 158 Å². The normalized spacial score (nSPS) is 10.8. The van der Waals surface area contributed by atoms with Gasteiger partial charge in [0.2, 0.25) is 0 Å². The Labute approximate surface area is 225 Å². The van der Waals surface area contributed by atoms with Gasteiger partial charge in [-0.15, -0.1) is 0 Å². The molecule has 0 amide bonds. The third-order valence-corrected chi connectivity index (χ3v) is 7.06. The summed E-state index contributed by atoms with van der Waals surface area (Å²) < 4.78 is 0. The Hall–Kier alpha value is -4.88. The highest BCUT2D eigenvalue weighted by atomic mass is 15.1. The van der Waals surface area contributed by atoms with E-state index in [0.717, 1.165) is 11.4 Å². The van der Waals surface area contributed by atoms with Crippen molar-refractivity contribution in [2.24, 2.45) is 0 Å². The Kier molecular flexibility index (Phi) is 6.57. The number of hydrogen-bond acceptors (Lipinski definition) is 1. The van der Waals surface area contributed by atoms with Crippen LogP contribution in [0, 0.1) is 0 Å². The fraction of sp³-hybridized carbons (Fsp3) is 0.0270. The van der Waals surface area contributed by atoms with Crippen molar-refractivity contribution in [1.82, 2.24) is 0 Å². The van der Waals surface area contributed by atoms with E-state index in [1.165, 1.54) is 44.5 Å². The fourth-order valence-corrected chi connectivity index (χ4v) is 4.95. The Morgan fingerprint density at radius 3 is 1.16 bits per heavy atom. The summed E-state index contributed by atoms with van der Waals surface area (Å²) in [5.74, 6) is 0. The van der Waals surface area contributed by atoms with Crippen LogP contribution in [0.3, 0.4) is 0 Å². The molecule has 0 fully saturated rings. The molecule has 6 aromatic carbocycles. The second-order valence-corrected chi connectivity index (χ2v) is 9.56. The maximum atomic E-state index is 2.29. The molecule has 0 unspecified atom stereocenters. The first-order valence-electron chi connectivity index (χ1n) is 13.0. The maximum Gasteiger partial charge on any atom is 0.0420 e. The average Bonchev–Trinajstić information content (AvgIpc) is 3.02. The molecule has 0 saturated carbocycles. The van der Waals surface area contributed by atoms with Gasteiger partial charge < -0.3 is 4.90 Å². The summed E-state index contributed by atoms with van der Waals surface area (Å²) in [5, 5.41) is 0. The monoisotopic (exact) mass is 487 g/mol. The van der Waals surface area contributed by atoms with Crippen LogP contribution in [-0.4, -0.2) is 7.05 Å². The number of hydrogen-bond donors (Lipinski definition) is 0. The largest absolute Gasteiger partial charge is 0.345 e. The van der Waals surface area contributed by atoms with Gasteiger partial charge in [-0.1, -0.05) is 121 Å². The van der Waals surface area contributed by atoms with Crippen LogP contribution in [0.1, 0.15) is 0 Å². The summed E-state index contributed by atoms with van der Waals surface area (Å²) in [4.78, 5) is 2.28. The minimum atomic E-state index is 1.15. The van der Waals surface area contributed by atoms with Gasteiger partial charge in [0, 0.05) is 18.4 Å². The molecule has 0 aliphatic heterocycles. The minimum absolute atomic E-state index is 1.15. The van der Waals surface area contributed by atoms with Crippen LogP contribution >= 0.6 is 0 Å². The van der Waals surface area contributed by atoms with Gasteiger partial charge in [-0.2, -0.15) is 0 Å². The summed E-state index contributed by atoms with van der Waals surface area (Å²) in [6.45, 7) is 0. The molecule has 0 N–H and O–H groups in total. The van der Waals surface area contributed by atoms with E-state index in [2.05, 4.69) is 170 Å². The number of anilines is 2. The first kappa shape index (κ1) is 23.5. The van der Waals surface area contributed by atoms with E-state index in [0.29, 0.717) is 0 Å². The molecule has 0 spiro atoms. The van der Waals surface area contributed by atoms with Crippen molar-refractivity contribution >= 4 is 11.4 Å². The molecule has 1 heteroatoms. The highest BCUT2D eigenvalue weighted by Gasteiger charge is 2.11. The van der Waals surface area contributed by atoms with Gasteiger partial charge in [-0.25, -0.2) is 0 Å². The third kappa shape index (κ3) is 5.00. The van der Waals surface area contributed by atoms with Crippen LogP contribution in [-0.2, 0) is 0 Å². The molecule has 182 valence electrons. The van der Waals surface area contributed by atoms with E-state index in [1.54, 1.807) is 0 Å². The predicted molar refractivity (Wildman–Crippen MR) is 163 cm³/mol. The molecule has 1 nitrogen and oxygen atoms in total. The minimum Gasteiger partial charge on any atom is -0.345 e. The van der Waals surface area contributed by atoms with Crippen LogP contribution in [0.4, 0.5) is 11.4 Å². The van der Waals surface area contributed by atoms with Gasteiger partial charge in [-0.05, 0) is 80.9 Å². The molecular weight excluding hydrogens is 458 g/mol. The van der Waals surface area contributed by atoms with Crippen molar-refractivity contribution in [2.75, 3.05) is 11.9 Å². The SMILES string of the molecule is CN(c1cccc(-c2cccc(-c3ccccc3)c2)c1)c1cc(-c2ccccc2)cc(-c2ccccc2)c1. The first-order chi connectivity index (χ1) is 18.7. The lowest BCUT2D eigenvalue weighted by Crippen LogP contribution is -2.09. The smallest absolute Gasteiger partial charge is 0.0420 e. The third-order valence-electron chi connectivity index (χ3n) is 7.06. The van der Waals surface area contributed by atoms with Crippen LogP contribution in [0.15, 0.2) is 158 Å². The molecule has 0 atom stereocenters. The van der Waals surface area contributed by atoms with E-state index in [1.807, 2.05) is 0 Å². The lowest BCUT2D eigenvalue weighted by Gasteiger charge is -2.22. The number of rotatable bonds is 6. The zero-order chi connectivity index (χ0) is 25.7. The van der Waals surface area contributed by atoms with E-state index < -0.39 is 0 Å². The maximum absolute atomic E-state index is 2.29. The molecule has 6 rings (SSSR count). The van der Waals surface area contributed by atoms with Crippen LogP contribution in [0.5, 0.6) is 0 Å². The lowest BCUT2D eigenvalue weighted by atomic mass is 9.97. The second kappa shape index (κ2) is 10.6. The highest BCUT2D eigenvalue weighted by Crippen LogP contribution is 2.36. The standard InChI is InChI=1S/C37H29N/c1-38(36-22-12-21-33(25-36)32-20-11-19-31(23-32)28-13-5-2-6-14-28)37-26-34(29-15-7-3-8-16-29)24-35(27-37)30-17-9-4-10-18-30/h2-27H,1H3. The molecule has 38 heavy (non-hydrogen) atoms. The van der Waals surface area contributed by atoms with Gasteiger partial charge in [0.25, 0.3) is 0 Å². The van der Waals surface area contributed by atoms with Crippen molar-refractivity contribution in [2.45, 2.75) is 0 Å². The number of benzene rings is 6. The van der Waals surface area contributed by atoms with Crippen LogP contribution in [0.2, 0.25) is 0 Å². The van der Waals surface area contributed by atoms with E-state index >= 15 is 0 Å². The molecule has 0 bridgehead atoms. The van der Waals surface area contributed by atoms with Crippen LogP contribution < -0.4 is 4.90 Å². The summed E-state index contributed by atoms with van der Waals surface area (Å²) in [5.41, 5.74) is 12.0. The predicted octanol–water partition coefficient (Wildman–Crippen LogP) is 10.1. The number of nitrogens with zero attached hydrogens (tertiary/aromatic N) is 1. The first-order valence-corrected chi connectivity index (χ1v) is 13.0. The Bertz CT molecular complexity index is 1600. The van der Waals surface area contributed by atoms with E-state index in [4.69, 9.17) is 0 Å². The second-order valence-electron chi connectivity index (χ2n) is 9.56. The summed E-state index contributed by atoms with van der Waals surface area (Å²) in [6, 6.07) is 56.2. The zero-order valence-corrected chi connectivity index (χ0v) is 21.5. The van der Waals surface area contributed by atoms with Gasteiger partial charge in [0.15, 0.2) is 0 Å². The quantitative estimate of drug-likeness (QED) is 0.226. The van der Waals surface area contributed by atoms with Gasteiger partial charge in [-0.3, -0.25) is 0 Å². The van der Waals surface area contributed by atoms with Gasteiger partial charge in [0.1, 0.15) is 0 Å². The van der Waals surface area contributed by atoms with Crippen LogP contribution in [0.25, 0.3) is 44.5 Å². The summed E-state index contributed by atoms with van der Waals surface area (Å²) in [7, 11) is 2.15.